The fourth-order valence-corrected chi connectivity index (χ4v) is 1.42. The zero-order valence-electron chi connectivity index (χ0n) is 9.03. The van der Waals surface area contributed by atoms with E-state index in [0.29, 0.717) is 16.9 Å². The summed E-state index contributed by atoms with van der Waals surface area (Å²) >= 11 is 0. The molecule has 0 spiro atoms. The zero-order valence-corrected chi connectivity index (χ0v) is 9.03. The lowest BCUT2D eigenvalue weighted by atomic mass is 10.2. The largest absolute Gasteiger partial charge is 0.399 e. The number of aromatic nitrogens is 2. The van der Waals surface area contributed by atoms with E-state index in [1.807, 2.05) is 0 Å². The Morgan fingerprint density at radius 3 is 2.28 bits per heavy atom. The Kier molecular flexibility index (Phi) is 2.85. The average Bonchev–Trinajstić information content (AvgIpc) is 2.61. The van der Waals surface area contributed by atoms with Gasteiger partial charge in [0.25, 0.3) is 5.89 Å². The van der Waals surface area contributed by atoms with Crippen LogP contribution in [0.4, 0.5) is 24.5 Å². The van der Waals surface area contributed by atoms with Crippen LogP contribution in [0, 0.1) is 0 Å². The Balaban J connectivity index is 2.29. The minimum absolute atomic E-state index is 0.0479. The molecule has 5 nitrogen and oxygen atoms in total. The van der Waals surface area contributed by atoms with Crippen LogP contribution in [0.5, 0.6) is 0 Å². The van der Waals surface area contributed by atoms with Crippen LogP contribution in [0.15, 0.2) is 22.7 Å². The summed E-state index contributed by atoms with van der Waals surface area (Å²) in [7, 11) is 0. The van der Waals surface area contributed by atoms with Crippen LogP contribution in [0.25, 0.3) is 11.5 Å². The molecule has 0 aliphatic heterocycles. The smallest absolute Gasteiger partial charge is 0.396 e. The molecule has 0 fully saturated rings. The molecular formula is C10H9F3N4O. The number of nitrogen functional groups attached to an aromatic ring is 2. The van der Waals surface area contributed by atoms with Gasteiger partial charge in [0.2, 0.25) is 0 Å². The molecule has 1 aromatic heterocycles. The highest BCUT2D eigenvalue weighted by Gasteiger charge is 2.30. The summed E-state index contributed by atoms with van der Waals surface area (Å²) < 4.78 is 41.1. The van der Waals surface area contributed by atoms with Crippen molar-refractivity contribution in [3.8, 4) is 11.5 Å². The molecule has 18 heavy (non-hydrogen) atoms. The lowest BCUT2D eigenvalue weighted by molar-refractivity contribution is -0.128. The maximum absolute atomic E-state index is 12.1. The molecule has 8 heteroatoms. The van der Waals surface area contributed by atoms with Crippen LogP contribution >= 0.6 is 0 Å². The number of benzene rings is 1. The van der Waals surface area contributed by atoms with Crippen LogP contribution < -0.4 is 11.5 Å². The summed E-state index contributed by atoms with van der Waals surface area (Å²) in [5.74, 6) is -0.480. The monoisotopic (exact) mass is 258 g/mol. The van der Waals surface area contributed by atoms with Gasteiger partial charge in [-0.2, -0.15) is 18.2 Å². The van der Waals surface area contributed by atoms with Gasteiger partial charge in [-0.15, -0.1) is 0 Å². The van der Waals surface area contributed by atoms with E-state index in [0.717, 1.165) is 0 Å². The van der Waals surface area contributed by atoms with Gasteiger partial charge in [0.15, 0.2) is 5.82 Å². The molecule has 0 saturated heterocycles. The Morgan fingerprint density at radius 1 is 1.11 bits per heavy atom. The third-order valence-electron chi connectivity index (χ3n) is 2.05. The van der Waals surface area contributed by atoms with E-state index in [2.05, 4.69) is 10.1 Å². The first-order chi connectivity index (χ1) is 8.33. The number of hydrogen-bond acceptors (Lipinski definition) is 5. The third kappa shape index (κ3) is 2.90. The highest BCUT2D eigenvalue weighted by molar-refractivity contribution is 5.66. The molecule has 0 atom stereocenters. The van der Waals surface area contributed by atoms with E-state index in [4.69, 9.17) is 16.0 Å². The summed E-state index contributed by atoms with van der Waals surface area (Å²) in [6.45, 7) is 0. The molecule has 0 radical (unpaired) electrons. The van der Waals surface area contributed by atoms with Crippen molar-refractivity contribution >= 4 is 11.4 Å². The van der Waals surface area contributed by atoms with Crippen molar-refractivity contribution in [2.24, 2.45) is 0 Å². The SMILES string of the molecule is Nc1cc(N)cc(-c2nc(CC(F)(F)F)no2)c1. The Bertz CT molecular complexity index is 544. The number of rotatable bonds is 2. The minimum Gasteiger partial charge on any atom is -0.399 e. The average molecular weight is 258 g/mol. The highest BCUT2D eigenvalue weighted by Crippen LogP contribution is 2.25. The van der Waals surface area contributed by atoms with Crippen molar-refractivity contribution < 1.29 is 17.7 Å². The van der Waals surface area contributed by atoms with Gasteiger partial charge in [0, 0.05) is 16.9 Å². The number of hydrogen-bond donors (Lipinski definition) is 2. The first-order valence-electron chi connectivity index (χ1n) is 4.89. The molecule has 0 amide bonds. The van der Waals surface area contributed by atoms with Gasteiger partial charge in [0.05, 0.1) is 0 Å². The summed E-state index contributed by atoms with van der Waals surface area (Å²) in [4.78, 5) is 3.64. The quantitative estimate of drug-likeness (QED) is 0.804. The van der Waals surface area contributed by atoms with Crippen molar-refractivity contribution in [1.82, 2.24) is 10.1 Å². The molecule has 0 bridgehead atoms. The van der Waals surface area contributed by atoms with Crippen LogP contribution in [-0.2, 0) is 6.42 Å². The molecule has 2 aromatic rings. The minimum atomic E-state index is -4.38. The number of alkyl halides is 3. The predicted octanol–water partition coefficient (Wildman–Crippen LogP) is 2.01. The molecule has 4 N–H and O–H groups in total. The molecule has 96 valence electrons. The third-order valence-corrected chi connectivity index (χ3v) is 2.05. The highest BCUT2D eigenvalue weighted by atomic mass is 19.4. The molecule has 2 rings (SSSR count). The lowest BCUT2D eigenvalue weighted by Gasteiger charge is -2.00. The number of halogens is 3. The summed E-state index contributed by atoms with van der Waals surface area (Å²) in [6, 6.07) is 4.49. The van der Waals surface area contributed by atoms with Crippen LogP contribution in [0.1, 0.15) is 5.82 Å². The summed E-state index contributed by atoms with van der Waals surface area (Å²) in [5, 5.41) is 3.25. The second kappa shape index (κ2) is 4.21. The predicted molar refractivity (Wildman–Crippen MR) is 58.3 cm³/mol. The van der Waals surface area contributed by atoms with Crippen molar-refractivity contribution in [2.45, 2.75) is 12.6 Å². The van der Waals surface area contributed by atoms with Crippen molar-refractivity contribution in [2.75, 3.05) is 11.5 Å². The number of anilines is 2. The van der Waals surface area contributed by atoms with E-state index in [1.165, 1.54) is 18.2 Å². The molecule has 0 aliphatic rings. The summed E-state index contributed by atoms with van der Waals surface area (Å²) in [5.41, 5.74) is 12.2. The maximum Gasteiger partial charge on any atom is 0.396 e. The van der Waals surface area contributed by atoms with E-state index in [9.17, 15) is 13.2 Å². The summed E-state index contributed by atoms with van der Waals surface area (Å²) in [6.07, 6.45) is -5.62. The van der Waals surface area contributed by atoms with E-state index in [-0.39, 0.29) is 5.89 Å². The molecule has 1 aromatic carbocycles. The van der Waals surface area contributed by atoms with Crippen molar-refractivity contribution in [1.29, 1.82) is 0 Å². The van der Waals surface area contributed by atoms with Crippen molar-refractivity contribution in [3.63, 3.8) is 0 Å². The van der Waals surface area contributed by atoms with Gasteiger partial charge < -0.3 is 16.0 Å². The van der Waals surface area contributed by atoms with Gasteiger partial charge >= 0.3 is 6.18 Å². The number of nitrogens with two attached hydrogens (primary N) is 2. The molecule has 1 heterocycles. The van der Waals surface area contributed by atoms with Gasteiger partial charge in [-0.1, -0.05) is 5.16 Å². The van der Waals surface area contributed by atoms with Gasteiger partial charge in [-0.3, -0.25) is 0 Å². The standard InChI is InChI=1S/C10H9F3N4O/c11-10(12,13)4-8-16-9(18-17-8)5-1-6(14)3-7(15)2-5/h1-3H,4,14-15H2. The fourth-order valence-electron chi connectivity index (χ4n) is 1.42. The van der Waals surface area contributed by atoms with Gasteiger partial charge in [-0.25, -0.2) is 0 Å². The van der Waals surface area contributed by atoms with Crippen LogP contribution in [0.3, 0.4) is 0 Å². The van der Waals surface area contributed by atoms with Crippen LogP contribution in [-0.4, -0.2) is 16.3 Å². The zero-order chi connectivity index (χ0) is 13.3. The molecule has 0 unspecified atom stereocenters. The Labute approximate surface area is 99.6 Å². The molecular weight excluding hydrogens is 249 g/mol. The first kappa shape index (κ1) is 12.2. The second-order valence-electron chi connectivity index (χ2n) is 3.70. The fraction of sp³-hybridized carbons (Fsp3) is 0.200. The lowest BCUT2D eigenvalue weighted by Crippen LogP contribution is -2.12. The topological polar surface area (TPSA) is 91.0 Å². The van der Waals surface area contributed by atoms with Gasteiger partial charge in [-0.05, 0) is 18.2 Å². The number of nitrogens with zero attached hydrogens (tertiary/aromatic N) is 2. The second-order valence-corrected chi connectivity index (χ2v) is 3.70. The maximum atomic E-state index is 12.1. The van der Waals surface area contributed by atoms with E-state index < -0.39 is 18.4 Å². The first-order valence-corrected chi connectivity index (χ1v) is 4.89. The van der Waals surface area contributed by atoms with E-state index in [1.54, 1.807) is 0 Å². The molecule has 0 aliphatic carbocycles. The van der Waals surface area contributed by atoms with Crippen LogP contribution in [0.2, 0.25) is 0 Å². The van der Waals surface area contributed by atoms with Gasteiger partial charge in [0.1, 0.15) is 6.42 Å². The van der Waals surface area contributed by atoms with E-state index >= 15 is 0 Å². The normalized spacial score (nSPS) is 11.7. The van der Waals surface area contributed by atoms with Crippen molar-refractivity contribution in [3.05, 3.63) is 24.0 Å². The Hall–Kier alpha value is -2.25. The molecule has 0 saturated carbocycles. The Morgan fingerprint density at radius 2 is 1.72 bits per heavy atom.